The SMILES string of the molecule is CC(CC(=N)N)N(C)S(=O)(=O)CC1CCCCC1. The van der Waals surface area contributed by atoms with Gasteiger partial charge in [-0.05, 0) is 25.7 Å². The van der Waals surface area contributed by atoms with E-state index in [1.807, 2.05) is 0 Å². The molecule has 5 nitrogen and oxygen atoms in total. The molecule has 0 aromatic carbocycles. The number of hydrogen-bond donors (Lipinski definition) is 2. The molecule has 3 N–H and O–H groups in total. The fourth-order valence-electron chi connectivity index (χ4n) is 2.49. The van der Waals surface area contributed by atoms with Crippen molar-refractivity contribution in [3.63, 3.8) is 0 Å². The van der Waals surface area contributed by atoms with Gasteiger partial charge in [0.15, 0.2) is 0 Å². The van der Waals surface area contributed by atoms with E-state index in [1.165, 1.54) is 10.7 Å². The molecule has 1 saturated carbocycles. The molecule has 0 aromatic heterocycles. The van der Waals surface area contributed by atoms with E-state index in [0.29, 0.717) is 12.3 Å². The highest BCUT2D eigenvalue weighted by molar-refractivity contribution is 7.89. The van der Waals surface area contributed by atoms with Gasteiger partial charge in [0, 0.05) is 19.5 Å². The van der Waals surface area contributed by atoms with Crippen LogP contribution in [0.15, 0.2) is 0 Å². The van der Waals surface area contributed by atoms with E-state index in [2.05, 4.69) is 0 Å². The molecule has 0 aromatic rings. The summed E-state index contributed by atoms with van der Waals surface area (Å²) >= 11 is 0. The van der Waals surface area contributed by atoms with Crippen molar-refractivity contribution in [1.29, 1.82) is 5.41 Å². The number of sulfonamides is 1. The average molecular weight is 275 g/mol. The topological polar surface area (TPSA) is 87.2 Å². The van der Waals surface area contributed by atoms with Crippen molar-refractivity contribution in [3.05, 3.63) is 0 Å². The Morgan fingerprint density at radius 2 is 1.94 bits per heavy atom. The van der Waals surface area contributed by atoms with Crippen LogP contribution in [-0.2, 0) is 10.0 Å². The van der Waals surface area contributed by atoms with Gasteiger partial charge >= 0.3 is 0 Å². The molecule has 1 rings (SSSR count). The molecular formula is C12H25N3O2S. The lowest BCUT2D eigenvalue weighted by molar-refractivity contribution is 0.360. The van der Waals surface area contributed by atoms with Crippen LogP contribution in [0.1, 0.15) is 45.4 Å². The van der Waals surface area contributed by atoms with E-state index < -0.39 is 10.0 Å². The van der Waals surface area contributed by atoms with Crippen LogP contribution in [0.3, 0.4) is 0 Å². The Bertz CT molecular complexity index is 375. The average Bonchev–Trinajstić information content (AvgIpc) is 2.27. The van der Waals surface area contributed by atoms with E-state index in [1.54, 1.807) is 14.0 Å². The van der Waals surface area contributed by atoms with Crippen LogP contribution in [0.4, 0.5) is 0 Å². The Hall–Kier alpha value is -0.620. The monoisotopic (exact) mass is 275 g/mol. The Morgan fingerprint density at radius 1 is 1.39 bits per heavy atom. The molecule has 18 heavy (non-hydrogen) atoms. The zero-order valence-corrected chi connectivity index (χ0v) is 12.2. The summed E-state index contributed by atoms with van der Waals surface area (Å²) in [4.78, 5) is 0. The van der Waals surface area contributed by atoms with Gasteiger partial charge < -0.3 is 5.73 Å². The third kappa shape index (κ3) is 4.57. The third-order valence-electron chi connectivity index (χ3n) is 3.75. The van der Waals surface area contributed by atoms with Gasteiger partial charge in [-0.15, -0.1) is 0 Å². The molecule has 6 heteroatoms. The Morgan fingerprint density at radius 3 is 2.44 bits per heavy atom. The zero-order valence-electron chi connectivity index (χ0n) is 11.4. The second-order valence-corrected chi connectivity index (χ2v) is 7.45. The maximum absolute atomic E-state index is 12.2. The standard InChI is InChI=1S/C12H25N3O2S/c1-10(8-12(13)14)15(2)18(16,17)9-11-6-4-3-5-7-11/h10-11H,3-9H2,1-2H3,(H3,13,14). The summed E-state index contributed by atoms with van der Waals surface area (Å²) in [7, 11) is -1.63. The van der Waals surface area contributed by atoms with Crippen LogP contribution < -0.4 is 5.73 Å². The number of nitrogens with zero attached hydrogens (tertiary/aromatic N) is 1. The summed E-state index contributed by atoms with van der Waals surface area (Å²) in [6.45, 7) is 1.79. The Labute approximate surface area is 110 Å². The number of hydrogen-bond acceptors (Lipinski definition) is 3. The fourth-order valence-corrected chi connectivity index (χ4v) is 4.28. The maximum atomic E-state index is 12.2. The molecule has 0 radical (unpaired) electrons. The second-order valence-electron chi connectivity index (χ2n) is 5.38. The Kier molecular flexibility index (Phi) is 5.59. The van der Waals surface area contributed by atoms with Gasteiger partial charge in [-0.2, -0.15) is 0 Å². The number of nitrogens with one attached hydrogen (secondary N) is 1. The predicted octanol–water partition coefficient (Wildman–Crippen LogP) is 1.54. The van der Waals surface area contributed by atoms with Gasteiger partial charge in [-0.25, -0.2) is 12.7 Å². The molecule has 1 aliphatic rings. The molecule has 0 aliphatic heterocycles. The number of amidine groups is 1. The van der Waals surface area contributed by atoms with Crippen LogP contribution in [0.5, 0.6) is 0 Å². The minimum absolute atomic E-state index is 0.0298. The lowest BCUT2D eigenvalue weighted by atomic mass is 9.91. The highest BCUT2D eigenvalue weighted by Crippen LogP contribution is 2.26. The first-order valence-electron chi connectivity index (χ1n) is 6.61. The zero-order chi connectivity index (χ0) is 13.8. The molecule has 0 amide bonds. The molecule has 1 fully saturated rings. The summed E-state index contributed by atoms with van der Waals surface area (Å²) in [6.07, 6.45) is 5.86. The molecule has 0 bridgehead atoms. The van der Waals surface area contributed by atoms with Gasteiger partial charge in [-0.3, -0.25) is 5.41 Å². The van der Waals surface area contributed by atoms with Crippen molar-refractivity contribution >= 4 is 15.9 Å². The van der Waals surface area contributed by atoms with Crippen molar-refractivity contribution in [1.82, 2.24) is 4.31 Å². The van der Waals surface area contributed by atoms with Gasteiger partial charge in [0.2, 0.25) is 10.0 Å². The minimum atomic E-state index is -3.22. The number of nitrogens with two attached hydrogens (primary N) is 1. The van der Waals surface area contributed by atoms with E-state index in [0.717, 1.165) is 25.7 Å². The predicted molar refractivity (Wildman–Crippen MR) is 74.1 cm³/mol. The van der Waals surface area contributed by atoms with Crippen molar-refractivity contribution in [2.75, 3.05) is 12.8 Å². The highest BCUT2D eigenvalue weighted by atomic mass is 32.2. The summed E-state index contributed by atoms with van der Waals surface area (Å²) < 4.78 is 25.9. The van der Waals surface area contributed by atoms with Crippen LogP contribution >= 0.6 is 0 Å². The van der Waals surface area contributed by atoms with Crippen LogP contribution in [0.25, 0.3) is 0 Å². The van der Waals surface area contributed by atoms with Crippen LogP contribution in [0, 0.1) is 11.3 Å². The molecular weight excluding hydrogens is 250 g/mol. The van der Waals surface area contributed by atoms with Gasteiger partial charge in [0.25, 0.3) is 0 Å². The van der Waals surface area contributed by atoms with Crippen molar-refractivity contribution in [2.45, 2.75) is 51.5 Å². The first-order valence-corrected chi connectivity index (χ1v) is 8.22. The van der Waals surface area contributed by atoms with E-state index in [4.69, 9.17) is 11.1 Å². The molecule has 1 unspecified atom stereocenters. The van der Waals surface area contributed by atoms with Gasteiger partial charge in [-0.1, -0.05) is 19.3 Å². The van der Waals surface area contributed by atoms with E-state index >= 15 is 0 Å². The molecule has 1 atom stereocenters. The molecule has 0 saturated heterocycles. The summed E-state index contributed by atoms with van der Waals surface area (Å²) in [5, 5.41) is 7.23. The minimum Gasteiger partial charge on any atom is -0.388 e. The second kappa shape index (κ2) is 6.52. The summed E-state index contributed by atoms with van der Waals surface area (Å²) in [5.74, 6) is 0.573. The highest BCUT2D eigenvalue weighted by Gasteiger charge is 2.27. The number of rotatable bonds is 6. The molecule has 0 heterocycles. The molecule has 0 spiro atoms. The van der Waals surface area contributed by atoms with Crippen molar-refractivity contribution in [3.8, 4) is 0 Å². The van der Waals surface area contributed by atoms with E-state index in [9.17, 15) is 8.42 Å². The largest absolute Gasteiger partial charge is 0.388 e. The van der Waals surface area contributed by atoms with Crippen LogP contribution in [-0.4, -0.2) is 37.4 Å². The van der Waals surface area contributed by atoms with Crippen LogP contribution in [0.2, 0.25) is 0 Å². The van der Waals surface area contributed by atoms with E-state index in [-0.39, 0.29) is 17.6 Å². The smallest absolute Gasteiger partial charge is 0.214 e. The third-order valence-corrected chi connectivity index (χ3v) is 5.88. The molecule has 106 valence electrons. The molecule has 1 aliphatic carbocycles. The lowest BCUT2D eigenvalue weighted by Crippen LogP contribution is -2.40. The normalized spacial score (nSPS) is 19.9. The van der Waals surface area contributed by atoms with Crippen molar-refractivity contribution < 1.29 is 8.42 Å². The van der Waals surface area contributed by atoms with Crippen molar-refractivity contribution in [2.24, 2.45) is 11.7 Å². The quantitative estimate of drug-likeness (QED) is 0.569. The maximum Gasteiger partial charge on any atom is 0.214 e. The van der Waals surface area contributed by atoms with Gasteiger partial charge in [0.1, 0.15) is 0 Å². The van der Waals surface area contributed by atoms with Gasteiger partial charge in [0.05, 0.1) is 11.6 Å². The lowest BCUT2D eigenvalue weighted by Gasteiger charge is -2.28. The Balaban J connectivity index is 2.58. The summed E-state index contributed by atoms with van der Waals surface area (Å²) in [6, 6.07) is -0.240. The fraction of sp³-hybridized carbons (Fsp3) is 0.917. The summed E-state index contributed by atoms with van der Waals surface area (Å²) in [5.41, 5.74) is 5.32. The first kappa shape index (κ1) is 15.4. The first-order chi connectivity index (χ1) is 8.33.